The zero-order valence-electron chi connectivity index (χ0n) is 10.9. The molecule has 1 amide bonds. The number of nitrogens with one attached hydrogen (secondary N) is 1. The van der Waals surface area contributed by atoms with Crippen molar-refractivity contribution in [3.8, 4) is 0 Å². The van der Waals surface area contributed by atoms with Gasteiger partial charge in [0, 0.05) is 13.7 Å². The van der Waals surface area contributed by atoms with Gasteiger partial charge in [0.25, 0.3) is 5.91 Å². The maximum atomic E-state index is 13.5. The lowest BCUT2D eigenvalue weighted by atomic mass is 10.1. The predicted octanol–water partition coefficient (Wildman–Crippen LogP) is 2.09. The molecule has 5 nitrogen and oxygen atoms in total. The van der Waals surface area contributed by atoms with E-state index in [0.29, 0.717) is 13.0 Å². The molecule has 0 bridgehead atoms. The fraction of sp³-hybridized carbons (Fsp3) is 0.385. The Hall–Kier alpha value is -1.66. The molecular formula is C13H15ClFNO4. The van der Waals surface area contributed by atoms with E-state index in [1.165, 1.54) is 19.2 Å². The van der Waals surface area contributed by atoms with Gasteiger partial charge in [-0.15, -0.1) is 0 Å². The number of carbonyl (C=O) groups is 2. The van der Waals surface area contributed by atoms with Crippen LogP contribution in [0.4, 0.5) is 4.39 Å². The molecule has 110 valence electrons. The molecule has 20 heavy (non-hydrogen) atoms. The van der Waals surface area contributed by atoms with Crippen molar-refractivity contribution in [2.45, 2.75) is 18.9 Å². The Bertz CT molecular complexity index is 475. The molecule has 0 spiro atoms. The van der Waals surface area contributed by atoms with Crippen LogP contribution in [0.2, 0.25) is 5.02 Å². The minimum absolute atomic E-state index is 0.0662. The first kappa shape index (κ1) is 16.4. The summed E-state index contributed by atoms with van der Waals surface area (Å²) in [4.78, 5) is 23.0. The third-order valence-corrected chi connectivity index (χ3v) is 2.95. The van der Waals surface area contributed by atoms with Gasteiger partial charge in [0.05, 0.1) is 10.6 Å². The van der Waals surface area contributed by atoms with Crippen molar-refractivity contribution in [2.75, 3.05) is 13.7 Å². The second-order valence-electron chi connectivity index (χ2n) is 4.10. The Kier molecular flexibility index (Phi) is 6.41. The first-order valence-electron chi connectivity index (χ1n) is 5.94. The Morgan fingerprint density at radius 3 is 2.75 bits per heavy atom. The van der Waals surface area contributed by atoms with Crippen LogP contribution in [0.1, 0.15) is 23.2 Å². The van der Waals surface area contributed by atoms with E-state index >= 15 is 0 Å². The van der Waals surface area contributed by atoms with Crippen LogP contribution in [0, 0.1) is 5.82 Å². The zero-order chi connectivity index (χ0) is 15.1. The highest BCUT2D eigenvalue weighted by atomic mass is 35.5. The smallest absolute Gasteiger partial charge is 0.326 e. The maximum absolute atomic E-state index is 13.5. The second-order valence-corrected chi connectivity index (χ2v) is 4.50. The molecule has 1 atom stereocenters. The number of methoxy groups -OCH3 is 1. The van der Waals surface area contributed by atoms with E-state index in [1.807, 2.05) is 0 Å². The van der Waals surface area contributed by atoms with Gasteiger partial charge in [-0.3, -0.25) is 4.79 Å². The normalized spacial score (nSPS) is 11.9. The van der Waals surface area contributed by atoms with E-state index in [0.717, 1.165) is 6.07 Å². The first-order valence-corrected chi connectivity index (χ1v) is 6.31. The van der Waals surface area contributed by atoms with Crippen molar-refractivity contribution in [3.63, 3.8) is 0 Å². The maximum Gasteiger partial charge on any atom is 0.326 e. The molecule has 0 aliphatic rings. The topological polar surface area (TPSA) is 75.6 Å². The number of amides is 1. The molecule has 0 saturated heterocycles. The van der Waals surface area contributed by atoms with E-state index in [4.69, 9.17) is 21.4 Å². The summed E-state index contributed by atoms with van der Waals surface area (Å²) < 4.78 is 18.4. The Balaban J connectivity index is 2.78. The summed E-state index contributed by atoms with van der Waals surface area (Å²) in [6.07, 6.45) is 0.639. The van der Waals surface area contributed by atoms with Gasteiger partial charge in [-0.05, 0) is 25.0 Å². The number of rotatable bonds is 7. The van der Waals surface area contributed by atoms with Crippen LogP contribution in [-0.2, 0) is 9.53 Å². The van der Waals surface area contributed by atoms with Gasteiger partial charge in [0.1, 0.15) is 11.9 Å². The third-order valence-electron chi connectivity index (χ3n) is 2.63. The summed E-state index contributed by atoms with van der Waals surface area (Å²) in [6.45, 7) is 0.375. The number of hydrogen-bond donors (Lipinski definition) is 2. The number of carbonyl (C=O) groups excluding carboxylic acids is 1. The number of ether oxygens (including phenoxy) is 1. The number of halogens is 2. The molecule has 0 fully saturated rings. The average molecular weight is 304 g/mol. The minimum Gasteiger partial charge on any atom is -0.480 e. The predicted molar refractivity (Wildman–Crippen MR) is 71.4 cm³/mol. The molecule has 1 aromatic carbocycles. The Morgan fingerprint density at radius 1 is 1.50 bits per heavy atom. The summed E-state index contributed by atoms with van der Waals surface area (Å²) in [6, 6.07) is 2.69. The molecule has 0 saturated carbocycles. The minimum atomic E-state index is -1.19. The van der Waals surface area contributed by atoms with E-state index < -0.39 is 23.7 Å². The summed E-state index contributed by atoms with van der Waals surface area (Å²) in [7, 11) is 1.49. The summed E-state index contributed by atoms with van der Waals surface area (Å²) >= 11 is 5.75. The van der Waals surface area contributed by atoms with E-state index in [9.17, 15) is 14.0 Å². The second kappa shape index (κ2) is 7.81. The van der Waals surface area contributed by atoms with Gasteiger partial charge < -0.3 is 15.2 Å². The van der Waals surface area contributed by atoms with E-state index in [2.05, 4.69) is 5.32 Å². The SMILES string of the molecule is COCCCC(NC(=O)c1c(F)cccc1Cl)C(=O)O. The fourth-order valence-corrected chi connectivity index (χ4v) is 1.88. The monoisotopic (exact) mass is 303 g/mol. The van der Waals surface area contributed by atoms with Crippen molar-refractivity contribution in [3.05, 3.63) is 34.6 Å². The van der Waals surface area contributed by atoms with Crippen LogP contribution < -0.4 is 5.32 Å². The van der Waals surface area contributed by atoms with Crippen molar-refractivity contribution in [2.24, 2.45) is 0 Å². The molecule has 0 heterocycles. The highest BCUT2D eigenvalue weighted by Gasteiger charge is 2.23. The molecule has 1 unspecified atom stereocenters. The average Bonchev–Trinajstić information content (AvgIpc) is 2.37. The van der Waals surface area contributed by atoms with Crippen molar-refractivity contribution < 1.29 is 23.8 Å². The summed E-state index contributed by atoms with van der Waals surface area (Å²) in [5.41, 5.74) is -0.354. The number of carboxylic acid groups (broad SMARTS) is 1. The van der Waals surface area contributed by atoms with E-state index in [-0.39, 0.29) is 17.0 Å². The van der Waals surface area contributed by atoms with E-state index in [1.54, 1.807) is 0 Å². The molecule has 0 aliphatic carbocycles. The molecule has 2 N–H and O–H groups in total. The highest BCUT2D eigenvalue weighted by molar-refractivity contribution is 6.33. The first-order chi connectivity index (χ1) is 9.47. The molecule has 1 rings (SSSR count). The zero-order valence-corrected chi connectivity index (χ0v) is 11.6. The Labute approximate surface area is 120 Å². The largest absolute Gasteiger partial charge is 0.480 e. The lowest BCUT2D eigenvalue weighted by molar-refractivity contribution is -0.139. The molecule has 7 heteroatoms. The van der Waals surface area contributed by atoms with Gasteiger partial charge in [-0.1, -0.05) is 17.7 Å². The fourth-order valence-electron chi connectivity index (χ4n) is 1.63. The number of aliphatic carboxylic acids is 1. The summed E-state index contributed by atoms with van der Waals surface area (Å²) in [5, 5.41) is 11.2. The highest BCUT2D eigenvalue weighted by Crippen LogP contribution is 2.19. The van der Waals surface area contributed by atoms with Crippen molar-refractivity contribution >= 4 is 23.5 Å². The quantitative estimate of drug-likeness (QED) is 0.756. The standard InChI is InChI=1S/C13H15ClFNO4/c1-20-7-3-6-10(13(18)19)16-12(17)11-8(14)4-2-5-9(11)15/h2,4-5,10H,3,6-7H2,1H3,(H,16,17)(H,18,19). The van der Waals surface area contributed by atoms with Gasteiger partial charge in [0.15, 0.2) is 0 Å². The van der Waals surface area contributed by atoms with Gasteiger partial charge >= 0.3 is 5.97 Å². The van der Waals surface area contributed by atoms with Crippen molar-refractivity contribution in [1.82, 2.24) is 5.32 Å². The van der Waals surface area contributed by atoms with Crippen LogP contribution in [0.5, 0.6) is 0 Å². The van der Waals surface area contributed by atoms with Gasteiger partial charge in [0.2, 0.25) is 0 Å². The van der Waals surface area contributed by atoms with Crippen LogP contribution in [-0.4, -0.2) is 36.7 Å². The van der Waals surface area contributed by atoms with Gasteiger partial charge in [-0.25, -0.2) is 9.18 Å². The molecule has 0 aliphatic heterocycles. The lowest BCUT2D eigenvalue weighted by Gasteiger charge is -2.15. The number of hydrogen-bond acceptors (Lipinski definition) is 3. The molecule has 1 aromatic rings. The van der Waals surface area contributed by atoms with Crippen LogP contribution >= 0.6 is 11.6 Å². The molecular weight excluding hydrogens is 289 g/mol. The molecule has 0 aromatic heterocycles. The van der Waals surface area contributed by atoms with Gasteiger partial charge in [-0.2, -0.15) is 0 Å². The third kappa shape index (κ3) is 4.47. The molecule has 0 radical (unpaired) electrons. The van der Waals surface area contributed by atoms with Crippen LogP contribution in [0.3, 0.4) is 0 Å². The van der Waals surface area contributed by atoms with Crippen LogP contribution in [0.15, 0.2) is 18.2 Å². The lowest BCUT2D eigenvalue weighted by Crippen LogP contribution is -2.41. The van der Waals surface area contributed by atoms with Crippen LogP contribution in [0.25, 0.3) is 0 Å². The summed E-state index contributed by atoms with van der Waals surface area (Å²) in [5.74, 6) is -2.84. The van der Waals surface area contributed by atoms with Crippen molar-refractivity contribution in [1.29, 1.82) is 0 Å². The number of carboxylic acids is 1. The Morgan fingerprint density at radius 2 is 2.20 bits per heavy atom. The number of benzene rings is 1.